The molecule has 2 aromatic carbocycles. The van der Waals surface area contributed by atoms with E-state index in [1.807, 2.05) is 29.3 Å². The number of benzene rings is 2. The lowest BCUT2D eigenvalue weighted by molar-refractivity contribution is -0.134. The van der Waals surface area contributed by atoms with Gasteiger partial charge in [-0.3, -0.25) is 14.4 Å². The summed E-state index contributed by atoms with van der Waals surface area (Å²) in [4.78, 5) is 41.8. The van der Waals surface area contributed by atoms with Crippen molar-refractivity contribution in [1.82, 2.24) is 9.88 Å². The second-order valence-electron chi connectivity index (χ2n) is 8.29. The van der Waals surface area contributed by atoms with Crippen LogP contribution in [0.3, 0.4) is 0 Å². The van der Waals surface area contributed by atoms with Gasteiger partial charge in [-0.25, -0.2) is 0 Å². The van der Waals surface area contributed by atoms with E-state index >= 15 is 0 Å². The molecule has 0 aliphatic carbocycles. The number of fused-ring (bicyclic) bond motifs is 1. The van der Waals surface area contributed by atoms with Crippen LogP contribution in [0, 0.1) is 5.92 Å². The number of carbonyl (C=O) groups excluding carboxylic acids is 3. The monoisotopic (exact) mass is 432 g/mol. The van der Waals surface area contributed by atoms with Crippen molar-refractivity contribution in [2.75, 3.05) is 23.7 Å². The van der Waals surface area contributed by atoms with Crippen LogP contribution in [0.15, 0.2) is 54.7 Å². The lowest BCUT2D eigenvalue weighted by Gasteiger charge is -2.32. The number of carbonyl (C=O) groups is 3. The van der Waals surface area contributed by atoms with Crippen molar-refractivity contribution < 1.29 is 14.4 Å². The van der Waals surface area contributed by atoms with E-state index in [0.717, 1.165) is 29.3 Å². The van der Waals surface area contributed by atoms with Crippen LogP contribution in [-0.2, 0) is 20.8 Å². The number of hydrogen-bond donors (Lipinski definition) is 3. The maximum absolute atomic E-state index is 12.8. The molecule has 7 nitrogen and oxygen atoms in total. The minimum Gasteiger partial charge on any atom is -0.361 e. The molecule has 3 aromatic rings. The van der Waals surface area contributed by atoms with Gasteiger partial charge in [-0.05, 0) is 55.2 Å². The van der Waals surface area contributed by atoms with E-state index in [0.29, 0.717) is 37.3 Å². The first-order valence-corrected chi connectivity index (χ1v) is 11.0. The summed E-state index contributed by atoms with van der Waals surface area (Å²) in [6.07, 6.45) is 4.67. The molecule has 0 spiro atoms. The Balaban J connectivity index is 1.30. The van der Waals surface area contributed by atoms with E-state index in [-0.39, 0.29) is 23.6 Å². The maximum atomic E-state index is 12.8. The van der Waals surface area contributed by atoms with Crippen LogP contribution in [0.4, 0.5) is 11.4 Å². The Bertz CT molecular complexity index is 1120. The van der Waals surface area contributed by atoms with Crippen LogP contribution >= 0.6 is 0 Å². The van der Waals surface area contributed by atoms with Crippen molar-refractivity contribution in [1.29, 1.82) is 0 Å². The first kappa shape index (κ1) is 21.6. The average Bonchev–Trinajstić information content (AvgIpc) is 3.21. The van der Waals surface area contributed by atoms with Gasteiger partial charge in [-0.15, -0.1) is 0 Å². The summed E-state index contributed by atoms with van der Waals surface area (Å²) in [7, 11) is 0. The third-order valence-corrected chi connectivity index (χ3v) is 5.90. The van der Waals surface area contributed by atoms with Gasteiger partial charge in [-0.1, -0.05) is 18.2 Å². The second kappa shape index (κ2) is 9.68. The molecule has 166 valence electrons. The van der Waals surface area contributed by atoms with E-state index in [1.54, 1.807) is 24.3 Å². The smallest absolute Gasteiger partial charge is 0.229 e. The fraction of sp³-hybridized carbons (Fsp3) is 0.320. The lowest BCUT2D eigenvalue weighted by Crippen LogP contribution is -2.43. The number of rotatable bonds is 6. The predicted octanol–water partition coefficient (Wildman–Crippen LogP) is 3.94. The van der Waals surface area contributed by atoms with Crippen LogP contribution in [0.1, 0.15) is 31.7 Å². The predicted molar refractivity (Wildman–Crippen MR) is 125 cm³/mol. The third-order valence-electron chi connectivity index (χ3n) is 5.90. The van der Waals surface area contributed by atoms with Crippen LogP contribution in [0.2, 0.25) is 0 Å². The van der Waals surface area contributed by atoms with Crippen molar-refractivity contribution >= 4 is 40.0 Å². The Morgan fingerprint density at radius 2 is 1.75 bits per heavy atom. The fourth-order valence-corrected chi connectivity index (χ4v) is 4.24. The second-order valence-corrected chi connectivity index (χ2v) is 8.29. The Morgan fingerprint density at radius 3 is 2.50 bits per heavy atom. The molecule has 1 aromatic heterocycles. The topological polar surface area (TPSA) is 94.3 Å². The summed E-state index contributed by atoms with van der Waals surface area (Å²) in [6, 6.07) is 15.1. The molecule has 1 fully saturated rings. The fourth-order valence-electron chi connectivity index (χ4n) is 4.24. The number of H-pyrrole nitrogens is 1. The SMILES string of the molecule is CC(=O)Nc1ccc(NC(=O)[C@@H]2CCCN(C(=O)CCc3c[nH]c4ccccc34)C2)cc1. The summed E-state index contributed by atoms with van der Waals surface area (Å²) >= 11 is 0. The lowest BCUT2D eigenvalue weighted by atomic mass is 9.96. The van der Waals surface area contributed by atoms with Crippen LogP contribution in [0.25, 0.3) is 10.9 Å². The van der Waals surface area contributed by atoms with Crippen molar-refractivity contribution in [3.63, 3.8) is 0 Å². The zero-order valence-corrected chi connectivity index (χ0v) is 18.2. The molecule has 0 saturated carbocycles. The third kappa shape index (κ3) is 5.17. The summed E-state index contributed by atoms with van der Waals surface area (Å²) in [6.45, 7) is 2.59. The summed E-state index contributed by atoms with van der Waals surface area (Å²) in [5, 5.41) is 6.79. The number of piperidine rings is 1. The zero-order valence-electron chi connectivity index (χ0n) is 18.2. The van der Waals surface area contributed by atoms with E-state index in [1.165, 1.54) is 6.92 Å². The standard InChI is InChI=1S/C25H28N4O3/c1-17(30)27-20-9-11-21(12-10-20)28-25(32)19-5-4-14-29(16-19)24(31)13-8-18-15-26-23-7-3-2-6-22(18)23/h2-3,6-7,9-12,15,19,26H,4-5,8,13-14,16H2,1H3,(H,27,30)(H,28,32)/t19-/m1/s1. The van der Waals surface area contributed by atoms with Gasteiger partial charge in [0.05, 0.1) is 5.92 Å². The Morgan fingerprint density at radius 1 is 1.03 bits per heavy atom. The highest BCUT2D eigenvalue weighted by molar-refractivity contribution is 5.94. The number of para-hydroxylation sites is 1. The first-order chi connectivity index (χ1) is 15.5. The number of amides is 3. The van der Waals surface area contributed by atoms with Gasteiger partial charge in [0.25, 0.3) is 0 Å². The number of hydrogen-bond acceptors (Lipinski definition) is 3. The summed E-state index contributed by atoms with van der Waals surface area (Å²) in [5.41, 5.74) is 3.57. The first-order valence-electron chi connectivity index (χ1n) is 11.0. The molecule has 7 heteroatoms. The normalized spacial score (nSPS) is 16.0. The van der Waals surface area contributed by atoms with Crippen molar-refractivity contribution in [3.8, 4) is 0 Å². The molecule has 2 heterocycles. The Kier molecular flexibility index (Phi) is 6.54. The van der Waals surface area contributed by atoms with Crippen LogP contribution in [0.5, 0.6) is 0 Å². The quantitative estimate of drug-likeness (QED) is 0.551. The Labute approximate surface area is 187 Å². The maximum Gasteiger partial charge on any atom is 0.229 e. The molecule has 0 unspecified atom stereocenters. The van der Waals surface area contributed by atoms with E-state index in [4.69, 9.17) is 0 Å². The molecule has 1 atom stereocenters. The number of aromatic amines is 1. The van der Waals surface area contributed by atoms with Gasteiger partial charge in [0, 0.05) is 54.9 Å². The Hall–Kier alpha value is -3.61. The number of likely N-dealkylation sites (tertiary alicyclic amines) is 1. The highest BCUT2D eigenvalue weighted by Crippen LogP contribution is 2.22. The highest BCUT2D eigenvalue weighted by atomic mass is 16.2. The largest absolute Gasteiger partial charge is 0.361 e. The van der Waals surface area contributed by atoms with E-state index in [9.17, 15) is 14.4 Å². The summed E-state index contributed by atoms with van der Waals surface area (Å²) < 4.78 is 0. The average molecular weight is 433 g/mol. The number of aromatic nitrogens is 1. The molecule has 3 amide bonds. The highest BCUT2D eigenvalue weighted by Gasteiger charge is 2.28. The number of aryl methyl sites for hydroxylation is 1. The van der Waals surface area contributed by atoms with Gasteiger partial charge >= 0.3 is 0 Å². The molecule has 1 aliphatic heterocycles. The molecule has 3 N–H and O–H groups in total. The molecule has 1 saturated heterocycles. The van der Waals surface area contributed by atoms with Crippen molar-refractivity contribution in [3.05, 3.63) is 60.3 Å². The number of nitrogens with one attached hydrogen (secondary N) is 3. The molecule has 0 radical (unpaired) electrons. The minimum atomic E-state index is -0.226. The zero-order chi connectivity index (χ0) is 22.5. The van der Waals surface area contributed by atoms with Gasteiger partial charge < -0.3 is 20.5 Å². The van der Waals surface area contributed by atoms with Crippen molar-refractivity contribution in [2.24, 2.45) is 5.92 Å². The molecule has 4 rings (SSSR count). The summed E-state index contributed by atoms with van der Waals surface area (Å²) in [5.74, 6) is -0.354. The van der Waals surface area contributed by atoms with Crippen LogP contribution < -0.4 is 10.6 Å². The van der Waals surface area contributed by atoms with Gasteiger partial charge in [0.15, 0.2) is 0 Å². The van der Waals surface area contributed by atoms with Gasteiger partial charge in [-0.2, -0.15) is 0 Å². The van der Waals surface area contributed by atoms with Crippen molar-refractivity contribution in [2.45, 2.75) is 32.6 Å². The number of anilines is 2. The molecular weight excluding hydrogens is 404 g/mol. The van der Waals surface area contributed by atoms with Gasteiger partial charge in [0.1, 0.15) is 0 Å². The minimum absolute atomic E-state index is 0.0774. The van der Waals surface area contributed by atoms with Crippen LogP contribution in [-0.4, -0.2) is 40.7 Å². The molecule has 32 heavy (non-hydrogen) atoms. The van der Waals surface area contributed by atoms with Gasteiger partial charge in [0.2, 0.25) is 17.7 Å². The molecule has 1 aliphatic rings. The van der Waals surface area contributed by atoms with E-state index < -0.39 is 0 Å². The molecular formula is C25H28N4O3. The van der Waals surface area contributed by atoms with E-state index in [2.05, 4.69) is 21.7 Å². The molecule has 0 bridgehead atoms. The number of nitrogens with zero attached hydrogens (tertiary/aromatic N) is 1.